The summed E-state index contributed by atoms with van der Waals surface area (Å²) in [4.78, 5) is 0. The Labute approximate surface area is 106 Å². The lowest BCUT2D eigenvalue weighted by Gasteiger charge is -2.20. The number of thioether (sulfide) groups is 1. The molecule has 0 amide bonds. The van der Waals surface area contributed by atoms with Crippen LogP contribution < -0.4 is 5.32 Å². The molecule has 0 bridgehead atoms. The summed E-state index contributed by atoms with van der Waals surface area (Å²) in [5.74, 6) is 0.871. The molecule has 17 heavy (non-hydrogen) atoms. The zero-order valence-corrected chi connectivity index (χ0v) is 11.3. The molecule has 1 aliphatic rings. The van der Waals surface area contributed by atoms with Crippen molar-refractivity contribution in [3.8, 4) is 6.07 Å². The molecule has 2 unspecified atom stereocenters. The molecule has 1 N–H and O–H groups in total. The monoisotopic (exact) mass is 250 g/mol. The van der Waals surface area contributed by atoms with Gasteiger partial charge in [-0.2, -0.15) is 22.1 Å². The fraction of sp³-hybridized carbons (Fsp3) is 0.667. The zero-order chi connectivity index (χ0) is 12.4. The second-order valence-electron chi connectivity index (χ2n) is 4.50. The highest BCUT2D eigenvalue weighted by Crippen LogP contribution is 2.31. The van der Waals surface area contributed by atoms with Gasteiger partial charge in [0.2, 0.25) is 0 Å². The van der Waals surface area contributed by atoms with Gasteiger partial charge in [-0.3, -0.25) is 4.68 Å². The summed E-state index contributed by atoms with van der Waals surface area (Å²) in [5, 5.41) is 17.6. The highest BCUT2D eigenvalue weighted by molar-refractivity contribution is 7.99. The Morgan fingerprint density at radius 2 is 2.29 bits per heavy atom. The standard InChI is InChI=1S/C12H18N4S/c1-8-9(7-13)12(16(2)15-8)14-10-5-4-6-11(10)17-3/h10-11,14H,4-6H2,1-3H3. The Kier molecular flexibility index (Phi) is 3.63. The van der Waals surface area contributed by atoms with E-state index in [2.05, 4.69) is 22.7 Å². The number of nitriles is 1. The van der Waals surface area contributed by atoms with Gasteiger partial charge in [0.1, 0.15) is 17.5 Å². The van der Waals surface area contributed by atoms with Crippen LogP contribution in [0, 0.1) is 18.3 Å². The molecule has 0 saturated heterocycles. The van der Waals surface area contributed by atoms with Crippen molar-refractivity contribution in [1.29, 1.82) is 5.26 Å². The van der Waals surface area contributed by atoms with Gasteiger partial charge in [-0.05, 0) is 26.0 Å². The fourth-order valence-electron chi connectivity index (χ4n) is 2.51. The number of hydrogen-bond acceptors (Lipinski definition) is 4. The van der Waals surface area contributed by atoms with Crippen LogP contribution in [-0.2, 0) is 7.05 Å². The quantitative estimate of drug-likeness (QED) is 0.894. The Bertz CT molecular complexity index is 446. The molecule has 1 fully saturated rings. The van der Waals surface area contributed by atoms with Crippen molar-refractivity contribution in [3.05, 3.63) is 11.3 Å². The maximum atomic E-state index is 9.16. The van der Waals surface area contributed by atoms with E-state index in [1.54, 1.807) is 4.68 Å². The second kappa shape index (κ2) is 5.01. The Morgan fingerprint density at radius 1 is 1.53 bits per heavy atom. The number of hydrogen-bond donors (Lipinski definition) is 1. The van der Waals surface area contributed by atoms with Crippen molar-refractivity contribution in [3.63, 3.8) is 0 Å². The topological polar surface area (TPSA) is 53.6 Å². The summed E-state index contributed by atoms with van der Waals surface area (Å²) in [7, 11) is 1.89. The minimum Gasteiger partial charge on any atom is -0.365 e. The van der Waals surface area contributed by atoms with Crippen molar-refractivity contribution in [2.45, 2.75) is 37.5 Å². The fourth-order valence-corrected chi connectivity index (χ4v) is 3.44. The van der Waals surface area contributed by atoms with Crippen LogP contribution in [0.3, 0.4) is 0 Å². The highest BCUT2D eigenvalue weighted by Gasteiger charge is 2.28. The highest BCUT2D eigenvalue weighted by atomic mass is 32.2. The number of aromatic nitrogens is 2. The summed E-state index contributed by atoms with van der Waals surface area (Å²) in [6, 6.07) is 2.70. The summed E-state index contributed by atoms with van der Waals surface area (Å²) in [6.45, 7) is 1.88. The lowest BCUT2D eigenvalue weighted by molar-refractivity contribution is 0.715. The number of rotatable bonds is 3. The Balaban J connectivity index is 2.21. The summed E-state index contributed by atoms with van der Waals surface area (Å²) < 4.78 is 1.78. The van der Waals surface area contributed by atoms with Crippen LogP contribution in [0.5, 0.6) is 0 Å². The second-order valence-corrected chi connectivity index (χ2v) is 5.58. The van der Waals surface area contributed by atoms with Crippen LogP contribution in [0.15, 0.2) is 0 Å². The van der Waals surface area contributed by atoms with E-state index in [0.717, 1.165) is 11.5 Å². The summed E-state index contributed by atoms with van der Waals surface area (Å²) in [6.07, 6.45) is 5.87. The van der Waals surface area contributed by atoms with Crippen molar-refractivity contribution < 1.29 is 0 Å². The Hall–Kier alpha value is -1.15. The first-order valence-corrected chi connectivity index (χ1v) is 7.19. The maximum Gasteiger partial charge on any atom is 0.142 e. The normalized spacial score (nSPS) is 23.6. The molecule has 5 heteroatoms. The molecule has 0 spiro atoms. The SMILES string of the molecule is CSC1CCCC1Nc1c(C#N)c(C)nn1C. The molecule has 2 rings (SSSR count). The molecule has 1 heterocycles. The Morgan fingerprint density at radius 3 is 2.94 bits per heavy atom. The van der Waals surface area contributed by atoms with Crippen LogP contribution in [0.4, 0.5) is 5.82 Å². The van der Waals surface area contributed by atoms with Crippen LogP contribution >= 0.6 is 11.8 Å². The summed E-state index contributed by atoms with van der Waals surface area (Å²) in [5.41, 5.74) is 1.48. The number of anilines is 1. The largest absolute Gasteiger partial charge is 0.365 e. The predicted molar refractivity (Wildman–Crippen MR) is 71.2 cm³/mol. The van der Waals surface area contributed by atoms with E-state index in [4.69, 9.17) is 5.26 Å². The van der Waals surface area contributed by atoms with Crippen LogP contribution in [0.1, 0.15) is 30.5 Å². The first-order chi connectivity index (χ1) is 8.17. The average molecular weight is 250 g/mol. The molecule has 0 radical (unpaired) electrons. The molecule has 2 atom stereocenters. The number of nitrogens with one attached hydrogen (secondary N) is 1. The number of aryl methyl sites for hydroxylation is 2. The molecule has 0 aliphatic heterocycles. The number of nitrogens with zero attached hydrogens (tertiary/aromatic N) is 3. The molecular formula is C12H18N4S. The molecule has 1 aliphatic carbocycles. The lowest BCUT2D eigenvalue weighted by atomic mass is 10.2. The zero-order valence-electron chi connectivity index (χ0n) is 10.5. The van der Waals surface area contributed by atoms with Crippen LogP contribution in [0.25, 0.3) is 0 Å². The van der Waals surface area contributed by atoms with Gasteiger partial charge in [-0.25, -0.2) is 0 Å². The van der Waals surface area contributed by atoms with Gasteiger partial charge < -0.3 is 5.32 Å². The summed E-state index contributed by atoms with van der Waals surface area (Å²) >= 11 is 1.91. The molecule has 4 nitrogen and oxygen atoms in total. The van der Waals surface area contributed by atoms with Gasteiger partial charge in [0, 0.05) is 18.3 Å². The van der Waals surface area contributed by atoms with Crippen molar-refractivity contribution >= 4 is 17.6 Å². The molecule has 1 aromatic heterocycles. The van der Waals surface area contributed by atoms with E-state index in [1.165, 1.54) is 19.3 Å². The van der Waals surface area contributed by atoms with Crippen molar-refractivity contribution in [1.82, 2.24) is 9.78 Å². The predicted octanol–water partition coefficient (Wildman–Crippen LogP) is 2.30. The van der Waals surface area contributed by atoms with E-state index >= 15 is 0 Å². The average Bonchev–Trinajstić information content (AvgIpc) is 2.85. The van der Waals surface area contributed by atoms with E-state index in [1.807, 2.05) is 25.7 Å². The van der Waals surface area contributed by atoms with Gasteiger partial charge in [0.15, 0.2) is 0 Å². The van der Waals surface area contributed by atoms with Crippen molar-refractivity contribution in [2.75, 3.05) is 11.6 Å². The van der Waals surface area contributed by atoms with E-state index in [-0.39, 0.29) is 0 Å². The van der Waals surface area contributed by atoms with Crippen molar-refractivity contribution in [2.24, 2.45) is 7.05 Å². The molecule has 1 aromatic rings. The van der Waals surface area contributed by atoms with Gasteiger partial charge in [-0.1, -0.05) is 6.42 Å². The third-order valence-corrected chi connectivity index (χ3v) is 4.58. The molecule has 0 aromatic carbocycles. The minimum atomic E-state index is 0.465. The first kappa shape index (κ1) is 12.3. The third kappa shape index (κ3) is 2.27. The van der Waals surface area contributed by atoms with E-state index in [9.17, 15) is 0 Å². The van der Waals surface area contributed by atoms with E-state index in [0.29, 0.717) is 16.9 Å². The molecule has 92 valence electrons. The minimum absolute atomic E-state index is 0.465. The first-order valence-electron chi connectivity index (χ1n) is 5.90. The van der Waals surface area contributed by atoms with Gasteiger partial charge in [-0.15, -0.1) is 0 Å². The van der Waals surface area contributed by atoms with Crippen LogP contribution in [-0.4, -0.2) is 27.3 Å². The third-order valence-electron chi connectivity index (χ3n) is 3.41. The molecule has 1 saturated carbocycles. The van der Waals surface area contributed by atoms with Gasteiger partial charge >= 0.3 is 0 Å². The lowest BCUT2D eigenvalue weighted by Crippen LogP contribution is -2.27. The smallest absolute Gasteiger partial charge is 0.142 e. The van der Waals surface area contributed by atoms with Crippen LogP contribution in [0.2, 0.25) is 0 Å². The van der Waals surface area contributed by atoms with Gasteiger partial charge in [0.25, 0.3) is 0 Å². The maximum absolute atomic E-state index is 9.16. The van der Waals surface area contributed by atoms with E-state index < -0.39 is 0 Å². The molecular weight excluding hydrogens is 232 g/mol. The van der Waals surface area contributed by atoms with Gasteiger partial charge in [0.05, 0.1) is 5.69 Å².